The van der Waals surface area contributed by atoms with E-state index >= 15 is 0 Å². The third-order valence-electron chi connectivity index (χ3n) is 6.55. The largest absolute Gasteiger partial charge is 0.342 e. The number of hydrogen-bond donors (Lipinski definition) is 1. The average molecular weight is 455 g/mol. The minimum Gasteiger partial charge on any atom is -0.342 e. The van der Waals surface area contributed by atoms with Gasteiger partial charge in [0.15, 0.2) is 0 Å². The molecular weight excluding hydrogens is 432 g/mol. The summed E-state index contributed by atoms with van der Waals surface area (Å²) in [6.07, 6.45) is 0.872. The molecule has 3 aliphatic heterocycles. The SMILES string of the molecule is O=C(CC1NC(=O)N(Cc2cccc(Cl)c2)C1=O)N1CC2CC(C1)c1cccc(=O)n1C2. The molecule has 3 atom stereocenters. The Morgan fingerprint density at radius 2 is 1.88 bits per heavy atom. The summed E-state index contributed by atoms with van der Waals surface area (Å²) < 4.78 is 1.81. The molecule has 2 aromatic rings. The van der Waals surface area contributed by atoms with Crippen LogP contribution in [-0.2, 0) is 22.7 Å². The summed E-state index contributed by atoms with van der Waals surface area (Å²) in [5, 5.41) is 3.17. The van der Waals surface area contributed by atoms with Gasteiger partial charge in [0.05, 0.1) is 13.0 Å². The Kier molecular flexibility index (Phi) is 5.25. The van der Waals surface area contributed by atoms with Crippen LogP contribution in [0.5, 0.6) is 0 Å². The van der Waals surface area contributed by atoms with Crippen LogP contribution in [0.25, 0.3) is 0 Å². The minimum absolute atomic E-state index is 0.00367. The monoisotopic (exact) mass is 454 g/mol. The van der Waals surface area contributed by atoms with Gasteiger partial charge in [0.2, 0.25) is 5.91 Å². The van der Waals surface area contributed by atoms with Crippen LogP contribution in [0, 0.1) is 5.92 Å². The van der Waals surface area contributed by atoms with Gasteiger partial charge in [-0.05, 0) is 36.1 Å². The highest BCUT2D eigenvalue weighted by atomic mass is 35.5. The van der Waals surface area contributed by atoms with Gasteiger partial charge in [-0.3, -0.25) is 19.3 Å². The summed E-state index contributed by atoms with van der Waals surface area (Å²) in [7, 11) is 0. The first-order chi connectivity index (χ1) is 15.4. The number of hydrogen-bond acceptors (Lipinski definition) is 4. The van der Waals surface area contributed by atoms with Gasteiger partial charge < -0.3 is 14.8 Å². The molecule has 8 nitrogen and oxygen atoms in total. The Labute approximate surface area is 189 Å². The zero-order valence-electron chi connectivity index (χ0n) is 17.4. The van der Waals surface area contributed by atoms with Crippen molar-refractivity contribution < 1.29 is 14.4 Å². The number of fused-ring (bicyclic) bond motifs is 4. The number of benzene rings is 1. The number of carbonyl (C=O) groups is 3. The molecule has 2 saturated heterocycles. The van der Waals surface area contributed by atoms with E-state index in [0.717, 1.165) is 22.6 Å². The molecule has 166 valence electrons. The summed E-state index contributed by atoms with van der Waals surface area (Å²) in [5.41, 5.74) is 1.70. The zero-order chi connectivity index (χ0) is 22.4. The zero-order valence-corrected chi connectivity index (χ0v) is 18.1. The van der Waals surface area contributed by atoms with Crippen molar-refractivity contribution in [3.8, 4) is 0 Å². The van der Waals surface area contributed by atoms with E-state index in [9.17, 15) is 19.2 Å². The second-order valence-corrected chi connectivity index (χ2v) is 9.19. The van der Waals surface area contributed by atoms with Crippen LogP contribution in [-0.4, -0.2) is 51.3 Å². The number of rotatable bonds is 4. The van der Waals surface area contributed by atoms with Crippen molar-refractivity contribution >= 4 is 29.4 Å². The molecule has 0 radical (unpaired) electrons. The number of urea groups is 1. The fourth-order valence-corrected chi connectivity index (χ4v) is 5.30. The molecule has 2 fully saturated rings. The van der Waals surface area contributed by atoms with Crippen LogP contribution in [0.2, 0.25) is 5.02 Å². The number of nitrogens with zero attached hydrogens (tertiary/aromatic N) is 3. The van der Waals surface area contributed by atoms with Gasteiger partial charge in [-0.15, -0.1) is 0 Å². The normalized spacial score (nSPS) is 24.3. The fraction of sp³-hybridized carbons (Fsp3) is 0.391. The van der Waals surface area contributed by atoms with E-state index < -0.39 is 18.0 Å². The van der Waals surface area contributed by atoms with Crippen molar-refractivity contribution in [2.24, 2.45) is 5.92 Å². The maximum atomic E-state index is 13.0. The second kappa shape index (κ2) is 8.09. The van der Waals surface area contributed by atoms with Crippen LogP contribution < -0.4 is 10.9 Å². The number of carbonyl (C=O) groups excluding carboxylic acids is 3. The lowest BCUT2D eigenvalue weighted by Gasteiger charge is -2.43. The number of halogens is 1. The number of imide groups is 1. The van der Waals surface area contributed by atoms with E-state index in [-0.39, 0.29) is 36.3 Å². The maximum absolute atomic E-state index is 13.0. The highest BCUT2D eigenvalue weighted by Gasteiger charge is 2.41. The van der Waals surface area contributed by atoms with Crippen LogP contribution >= 0.6 is 11.6 Å². The third kappa shape index (κ3) is 3.79. The number of pyridine rings is 1. The molecule has 1 N–H and O–H groups in total. The van der Waals surface area contributed by atoms with Crippen molar-refractivity contribution in [3.63, 3.8) is 0 Å². The molecule has 3 unspecified atom stereocenters. The lowest BCUT2D eigenvalue weighted by Crippen LogP contribution is -2.50. The second-order valence-electron chi connectivity index (χ2n) is 8.76. The predicted molar refractivity (Wildman–Crippen MR) is 117 cm³/mol. The summed E-state index contributed by atoms with van der Waals surface area (Å²) >= 11 is 5.99. The van der Waals surface area contributed by atoms with Crippen molar-refractivity contribution in [1.82, 2.24) is 19.7 Å². The molecule has 4 amide bonds. The van der Waals surface area contributed by atoms with E-state index in [2.05, 4.69) is 5.32 Å². The smallest absolute Gasteiger partial charge is 0.325 e. The number of likely N-dealkylation sites (tertiary alicyclic amines) is 1. The van der Waals surface area contributed by atoms with Crippen LogP contribution in [0.1, 0.15) is 30.0 Å². The Balaban J connectivity index is 1.25. The number of nitrogens with one attached hydrogen (secondary N) is 1. The summed E-state index contributed by atoms with van der Waals surface area (Å²) in [4.78, 5) is 53.3. The standard InChI is InChI=1S/C23H23ClN4O4/c24-17-4-1-3-14(8-17)11-28-22(31)18(25-23(28)32)9-21(30)26-10-15-7-16(13-26)19-5-2-6-20(29)27(19)12-15/h1-6,8,15-16,18H,7,9-13H2,(H,25,32). The van der Waals surface area contributed by atoms with Crippen LogP contribution in [0.15, 0.2) is 47.3 Å². The molecule has 3 aliphatic rings. The van der Waals surface area contributed by atoms with Gasteiger partial charge in [-0.1, -0.05) is 29.8 Å². The maximum Gasteiger partial charge on any atom is 0.325 e. The van der Waals surface area contributed by atoms with Crippen molar-refractivity contribution in [3.05, 3.63) is 69.1 Å². The first-order valence-corrected chi connectivity index (χ1v) is 11.1. The number of piperidine rings is 1. The van der Waals surface area contributed by atoms with Gasteiger partial charge in [-0.2, -0.15) is 0 Å². The van der Waals surface area contributed by atoms with Gasteiger partial charge in [0.1, 0.15) is 6.04 Å². The molecule has 9 heteroatoms. The van der Waals surface area contributed by atoms with E-state index in [4.69, 9.17) is 11.6 Å². The highest BCUT2D eigenvalue weighted by Crippen LogP contribution is 2.35. The number of amides is 4. The molecule has 1 aromatic carbocycles. The first-order valence-electron chi connectivity index (χ1n) is 10.7. The summed E-state index contributed by atoms with van der Waals surface area (Å²) in [6, 6.07) is 10.9. The molecule has 32 heavy (non-hydrogen) atoms. The number of aromatic nitrogens is 1. The quantitative estimate of drug-likeness (QED) is 0.715. The van der Waals surface area contributed by atoms with Gasteiger partial charge in [0, 0.05) is 42.3 Å². The summed E-state index contributed by atoms with van der Waals surface area (Å²) in [5.74, 6) is -0.251. The average Bonchev–Trinajstić information content (AvgIpc) is 3.02. The van der Waals surface area contributed by atoms with Crippen LogP contribution in [0.3, 0.4) is 0 Å². The van der Waals surface area contributed by atoms with Gasteiger partial charge in [0.25, 0.3) is 11.5 Å². The third-order valence-corrected chi connectivity index (χ3v) is 6.78. The fourth-order valence-electron chi connectivity index (χ4n) is 5.09. The molecular formula is C23H23ClN4O4. The van der Waals surface area contributed by atoms with Gasteiger partial charge >= 0.3 is 6.03 Å². The van der Waals surface area contributed by atoms with E-state index in [1.54, 1.807) is 41.3 Å². The van der Waals surface area contributed by atoms with Crippen molar-refractivity contribution in [2.75, 3.05) is 13.1 Å². The lowest BCUT2D eigenvalue weighted by molar-refractivity contribution is -0.137. The molecule has 0 spiro atoms. The highest BCUT2D eigenvalue weighted by molar-refractivity contribution is 6.30. The molecule has 0 aliphatic carbocycles. The molecule has 0 saturated carbocycles. The summed E-state index contributed by atoms with van der Waals surface area (Å²) in [6.45, 7) is 1.77. The predicted octanol–water partition coefficient (Wildman–Crippen LogP) is 1.96. The lowest BCUT2D eigenvalue weighted by atomic mass is 9.83. The van der Waals surface area contributed by atoms with E-state index in [1.807, 2.05) is 10.6 Å². The molecule has 5 rings (SSSR count). The first kappa shape index (κ1) is 20.8. The Bertz CT molecular complexity index is 1160. The molecule has 1 aromatic heterocycles. The van der Waals surface area contributed by atoms with Gasteiger partial charge in [-0.25, -0.2) is 4.79 Å². The Hall–Kier alpha value is -3.13. The Morgan fingerprint density at radius 1 is 1.06 bits per heavy atom. The van der Waals surface area contributed by atoms with E-state index in [1.165, 1.54) is 0 Å². The Morgan fingerprint density at radius 3 is 2.69 bits per heavy atom. The molecule has 2 bridgehead atoms. The van der Waals surface area contributed by atoms with E-state index in [0.29, 0.717) is 24.7 Å². The van der Waals surface area contributed by atoms with Crippen molar-refractivity contribution in [1.29, 1.82) is 0 Å². The minimum atomic E-state index is -0.870. The topological polar surface area (TPSA) is 91.7 Å². The van der Waals surface area contributed by atoms with Crippen molar-refractivity contribution in [2.45, 2.75) is 37.9 Å². The molecule has 4 heterocycles. The van der Waals surface area contributed by atoms with Crippen LogP contribution in [0.4, 0.5) is 4.79 Å².